The molecule has 8 nitrogen and oxygen atoms in total. The Morgan fingerprint density at radius 2 is 1.69 bits per heavy atom. The second-order valence-electron chi connectivity index (χ2n) is 9.06. The number of halogens is 2. The van der Waals surface area contributed by atoms with E-state index < -0.39 is 28.7 Å². The van der Waals surface area contributed by atoms with Gasteiger partial charge in [0.1, 0.15) is 12.6 Å². The van der Waals surface area contributed by atoms with Crippen LogP contribution in [0.2, 0.25) is 10.0 Å². The van der Waals surface area contributed by atoms with Gasteiger partial charge in [0, 0.05) is 36.7 Å². The lowest BCUT2D eigenvalue weighted by molar-refractivity contribution is -0.139. The summed E-state index contributed by atoms with van der Waals surface area (Å²) in [4.78, 5) is 28.2. The van der Waals surface area contributed by atoms with Crippen molar-refractivity contribution in [3.8, 4) is 0 Å². The van der Waals surface area contributed by atoms with Crippen LogP contribution in [0.3, 0.4) is 0 Å². The van der Waals surface area contributed by atoms with Gasteiger partial charge in [0.15, 0.2) is 0 Å². The molecular weight excluding hydrogens is 523 g/mol. The number of hydrogen-bond acceptors (Lipinski definition) is 4. The van der Waals surface area contributed by atoms with E-state index in [4.69, 9.17) is 23.2 Å². The summed E-state index contributed by atoms with van der Waals surface area (Å²) >= 11 is 12.4. The fourth-order valence-corrected chi connectivity index (χ4v) is 5.64. The largest absolute Gasteiger partial charge is 0.352 e. The fourth-order valence-electron chi connectivity index (χ4n) is 4.12. The molecule has 1 atom stereocenters. The summed E-state index contributed by atoms with van der Waals surface area (Å²) in [5.74, 6) is -0.827. The van der Waals surface area contributed by atoms with Crippen molar-refractivity contribution < 1.29 is 18.0 Å². The third kappa shape index (κ3) is 6.91. The van der Waals surface area contributed by atoms with E-state index in [0.29, 0.717) is 21.3 Å². The van der Waals surface area contributed by atoms with Gasteiger partial charge in [-0.15, -0.1) is 0 Å². The van der Waals surface area contributed by atoms with Crippen molar-refractivity contribution in [2.75, 3.05) is 24.9 Å². The zero-order valence-corrected chi connectivity index (χ0v) is 23.0. The predicted molar refractivity (Wildman–Crippen MR) is 143 cm³/mol. The smallest absolute Gasteiger partial charge is 0.304 e. The number of amides is 2. The van der Waals surface area contributed by atoms with Gasteiger partial charge in [0.25, 0.3) is 0 Å². The van der Waals surface area contributed by atoms with E-state index in [0.717, 1.165) is 34.3 Å². The average Bonchev–Trinajstić information content (AvgIpc) is 3.35. The van der Waals surface area contributed by atoms with Gasteiger partial charge < -0.3 is 10.2 Å². The first kappa shape index (κ1) is 28.2. The molecule has 2 aromatic carbocycles. The summed E-state index contributed by atoms with van der Waals surface area (Å²) in [5, 5.41) is 3.83. The number of benzene rings is 2. The molecule has 1 N–H and O–H groups in total. The third-order valence-corrected chi connectivity index (χ3v) is 8.69. The molecule has 0 unspecified atom stereocenters. The van der Waals surface area contributed by atoms with Gasteiger partial charge in [-0.3, -0.25) is 9.59 Å². The lowest BCUT2D eigenvalue weighted by atomic mass is 10.1. The Bertz CT molecular complexity index is 1170. The topological polar surface area (TPSA) is 90.0 Å². The van der Waals surface area contributed by atoms with E-state index in [1.807, 2.05) is 0 Å². The molecule has 0 aromatic heterocycles. The maximum atomic E-state index is 13.7. The van der Waals surface area contributed by atoms with Crippen molar-refractivity contribution in [3.63, 3.8) is 0 Å². The van der Waals surface area contributed by atoms with Crippen molar-refractivity contribution in [1.29, 1.82) is 0 Å². The fraction of sp³-hybridized carbons (Fsp3) is 0.440. The minimum atomic E-state index is -4.00. The van der Waals surface area contributed by atoms with E-state index in [1.165, 1.54) is 19.0 Å². The van der Waals surface area contributed by atoms with Crippen LogP contribution < -0.4 is 9.62 Å². The number of hydrogen-bond donors (Lipinski definition) is 1. The van der Waals surface area contributed by atoms with Gasteiger partial charge in [0.05, 0.1) is 5.69 Å². The summed E-state index contributed by atoms with van der Waals surface area (Å²) in [5.41, 5.74) is 0.934. The lowest BCUT2D eigenvalue weighted by Crippen LogP contribution is -2.53. The van der Waals surface area contributed by atoms with Gasteiger partial charge in [-0.05, 0) is 49.6 Å². The van der Waals surface area contributed by atoms with Gasteiger partial charge in [-0.25, -0.2) is 4.31 Å². The van der Waals surface area contributed by atoms with Crippen LogP contribution in [-0.4, -0.2) is 62.2 Å². The summed E-state index contributed by atoms with van der Waals surface area (Å²) in [7, 11) is -1.19. The molecule has 0 heterocycles. The van der Waals surface area contributed by atoms with E-state index in [2.05, 4.69) is 5.32 Å². The summed E-state index contributed by atoms with van der Waals surface area (Å²) in [6.45, 7) is 1.16. The Kier molecular flexibility index (Phi) is 9.63. The van der Waals surface area contributed by atoms with Gasteiger partial charge in [0.2, 0.25) is 11.8 Å². The first-order valence-corrected chi connectivity index (χ1v) is 13.9. The Morgan fingerprint density at radius 1 is 1.06 bits per heavy atom. The second-order valence-corrected chi connectivity index (χ2v) is 12.0. The molecule has 1 saturated carbocycles. The second kappa shape index (κ2) is 12.3. The molecule has 11 heteroatoms. The molecule has 1 aliphatic rings. The molecule has 1 aliphatic carbocycles. The van der Waals surface area contributed by atoms with Gasteiger partial charge in [-0.1, -0.05) is 60.3 Å². The minimum absolute atomic E-state index is 0.0126. The number of para-hydroxylation sites is 1. The molecule has 36 heavy (non-hydrogen) atoms. The molecule has 0 saturated heterocycles. The highest BCUT2D eigenvalue weighted by molar-refractivity contribution is 7.90. The first-order valence-electron chi connectivity index (χ1n) is 11.8. The van der Waals surface area contributed by atoms with Crippen molar-refractivity contribution in [3.05, 3.63) is 64.1 Å². The summed E-state index contributed by atoms with van der Waals surface area (Å²) < 4.78 is 28.4. The van der Waals surface area contributed by atoms with Crippen LogP contribution in [-0.2, 0) is 26.3 Å². The predicted octanol–water partition coefficient (Wildman–Crippen LogP) is 4.08. The number of carbonyl (C=O) groups excluding carboxylic acids is 2. The molecule has 0 radical (unpaired) electrons. The SMILES string of the molecule is C[C@H](C(=O)NC1CCCC1)N(Cc1ccc(Cl)cc1Cl)C(=O)CN(c1ccccc1)S(=O)(=O)N(C)C. The van der Waals surface area contributed by atoms with Crippen LogP contribution >= 0.6 is 23.2 Å². The van der Waals surface area contributed by atoms with Gasteiger partial charge >= 0.3 is 10.2 Å². The van der Waals surface area contributed by atoms with E-state index in [1.54, 1.807) is 55.5 Å². The Morgan fingerprint density at radius 3 is 2.28 bits per heavy atom. The highest BCUT2D eigenvalue weighted by Crippen LogP contribution is 2.25. The van der Waals surface area contributed by atoms with Gasteiger partial charge in [-0.2, -0.15) is 12.7 Å². The Labute approximate surface area is 223 Å². The number of rotatable bonds is 10. The van der Waals surface area contributed by atoms with Crippen molar-refractivity contribution >= 4 is 50.9 Å². The molecule has 3 rings (SSSR count). The Balaban J connectivity index is 1.93. The number of anilines is 1. The Hall–Kier alpha value is -2.33. The highest BCUT2D eigenvalue weighted by atomic mass is 35.5. The van der Waals surface area contributed by atoms with E-state index in [-0.39, 0.29) is 18.5 Å². The van der Waals surface area contributed by atoms with E-state index >= 15 is 0 Å². The summed E-state index contributed by atoms with van der Waals surface area (Å²) in [6, 6.07) is 12.5. The monoisotopic (exact) mass is 554 g/mol. The molecular formula is C25H32Cl2N4O4S. The van der Waals surface area contributed by atoms with Crippen molar-refractivity contribution in [1.82, 2.24) is 14.5 Å². The maximum Gasteiger partial charge on any atom is 0.304 e. The molecule has 0 bridgehead atoms. The number of carbonyl (C=O) groups is 2. The van der Waals surface area contributed by atoms with Crippen LogP contribution in [0.4, 0.5) is 5.69 Å². The number of nitrogens with zero attached hydrogens (tertiary/aromatic N) is 3. The molecule has 2 aromatic rings. The van der Waals surface area contributed by atoms with Crippen LogP contribution in [0.25, 0.3) is 0 Å². The van der Waals surface area contributed by atoms with Crippen LogP contribution in [0.1, 0.15) is 38.2 Å². The molecule has 196 valence electrons. The molecule has 0 aliphatic heterocycles. The van der Waals surface area contributed by atoms with Crippen LogP contribution in [0.5, 0.6) is 0 Å². The van der Waals surface area contributed by atoms with E-state index in [9.17, 15) is 18.0 Å². The first-order chi connectivity index (χ1) is 17.0. The van der Waals surface area contributed by atoms with Crippen LogP contribution in [0.15, 0.2) is 48.5 Å². The zero-order valence-electron chi connectivity index (χ0n) is 20.7. The molecule has 2 amide bonds. The third-order valence-electron chi connectivity index (χ3n) is 6.29. The minimum Gasteiger partial charge on any atom is -0.352 e. The van der Waals surface area contributed by atoms with Crippen LogP contribution in [0, 0.1) is 0 Å². The average molecular weight is 556 g/mol. The standard InChI is InChI=1S/C25H32Cl2N4O4S/c1-18(25(33)28-21-9-7-8-10-21)30(16-19-13-14-20(26)15-23(19)27)24(32)17-31(36(34,35)29(2)3)22-11-5-4-6-12-22/h4-6,11-15,18,21H,7-10,16-17H2,1-3H3,(H,28,33)/t18-/m1/s1. The lowest BCUT2D eigenvalue weighted by Gasteiger charge is -2.33. The maximum absolute atomic E-state index is 13.7. The summed E-state index contributed by atoms with van der Waals surface area (Å²) in [6.07, 6.45) is 3.91. The zero-order chi connectivity index (χ0) is 26.5. The highest BCUT2D eigenvalue weighted by Gasteiger charge is 2.33. The van der Waals surface area contributed by atoms with Crippen molar-refractivity contribution in [2.45, 2.75) is 51.2 Å². The normalized spacial score (nSPS) is 15.1. The van der Waals surface area contributed by atoms with Crippen molar-refractivity contribution in [2.24, 2.45) is 0 Å². The number of nitrogens with one attached hydrogen (secondary N) is 1. The molecule has 0 spiro atoms. The quantitative estimate of drug-likeness (QED) is 0.479. The molecule has 1 fully saturated rings.